The molecule has 0 atom stereocenters. The molecule has 0 saturated heterocycles. The van der Waals surface area contributed by atoms with Crippen molar-refractivity contribution >= 4 is 11.7 Å². The fourth-order valence-electron chi connectivity index (χ4n) is 2.29. The van der Waals surface area contributed by atoms with Crippen LogP contribution in [0, 0.1) is 20.8 Å². The van der Waals surface area contributed by atoms with Crippen molar-refractivity contribution in [3.8, 4) is 5.88 Å². The summed E-state index contributed by atoms with van der Waals surface area (Å²) in [5, 5.41) is 3.79. The van der Waals surface area contributed by atoms with Crippen molar-refractivity contribution in [3.05, 3.63) is 52.5 Å². The zero-order chi connectivity index (χ0) is 20.4. The molecular weight excluding hydrogens is 346 g/mol. The lowest BCUT2D eigenvalue weighted by atomic mass is 10.0. The van der Waals surface area contributed by atoms with Gasteiger partial charge in [-0.25, -0.2) is 9.78 Å². The van der Waals surface area contributed by atoms with Crippen LogP contribution in [-0.4, -0.2) is 35.9 Å². The molecule has 0 unspecified atom stereocenters. The Kier molecular flexibility index (Phi) is 8.92. The van der Waals surface area contributed by atoms with Crippen LogP contribution in [0.15, 0.2) is 29.4 Å². The third-order valence-electron chi connectivity index (χ3n) is 3.65. The highest BCUT2D eigenvalue weighted by Gasteiger charge is 2.19. The fraction of sp³-hybridized carbons (Fsp3) is 0.400. The van der Waals surface area contributed by atoms with Crippen molar-refractivity contribution in [1.82, 2.24) is 9.97 Å². The number of benzene rings is 1. The minimum Gasteiger partial charge on any atom is -0.472 e. The first-order chi connectivity index (χ1) is 13.0. The van der Waals surface area contributed by atoms with Gasteiger partial charge in [0.2, 0.25) is 5.88 Å². The molecule has 0 aliphatic heterocycles. The summed E-state index contributed by atoms with van der Waals surface area (Å²) in [6, 6.07) is 7.26. The van der Waals surface area contributed by atoms with Crippen molar-refractivity contribution in [2.45, 2.75) is 41.2 Å². The van der Waals surface area contributed by atoms with Gasteiger partial charge in [-0.05, 0) is 26.3 Å². The van der Waals surface area contributed by atoms with Crippen LogP contribution in [-0.2, 0) is 21.0 Å². The summed E-state index contributed by atoms with van der Waals surface area (Å²) in [6.45, 7) is 9.84. The number of rotatable bonds is 6. The number of aryl methyl sites for hydroxylation is 2. The van der Waals surface area contributed by atoms with E-state index in [1.54, 1.807) is 12.1 Å². The molecular formula is C20H27N3O4. The van der Waals surface area contributed by atoms with Crippen LogP contribution in [0.2, 0.25) is 0 Å². The van der Waals surface area contributed by atoms with Crippen molar-refractivity contribution in [2.75, 3.05) is 14.2 Å². The van der Waals surface area contributed by atoms with Crippen LogP contribution in [0.1, 0.15) is 42.1 Å². The van der Waals surface area contributed by atoms with Crippen molar-refractivity contribution < 1.29 is 19.1 Å². The molecule has 1 aromatic carbocycles. The maximum Gasteiger partial charge on any atom is 0.360 e. The summed E-state index contributed by atoms with van der Waals surface area (Å²) in [5.74, 6) is 0.574. The molecule has 0 aliphatic rings. The first kappa shape index (κ1) is 22.1. The second-order valence-corrected chi connectivity index (χ2v) is 5.35. The lowest BCUT2D eigenvalue weighted by Crippen LogP contribution is -2.20. The SMILES string of the molecule is CC.CO/N=C(/C(=O)OC)c1ccccc1COc1nc(C)nc(C)c1C. The van der Waals surface area contributed by atoms with Crippen molar-refractivity contribution in [1.29, 1.82) is 0 Å². The average Bonchev–Trinajstić information content (AvgIpc) is 2.69. The normalized spacial score (nSPS) is 10.6. The molecule has 0 aliphatic carbocycles. The Labute approximate surface area is 160 Å². The average molecular weight is 373 g/mol. The monoisotopic (exact) mass is 373 g/mol. The molecule has 1 aromatic heterocycles. The van der Waals surface area contributed by atoms with Crippen LogP contribution >= 0.6 is 0 Å². The van der Waals surface area contributed by atoms with Crippen LogP contribution < -0.4 is 4.74 Å². The van der Waals surface area contributed by atoms with E-state index in [0.717, 1.165) is 16.8 Å². The molecule has 2 aromatic rings. The summed E-state index contributed by atoms with van der Waals surface area (Å²) in [5.41, 5.74) is 3.16. The molecule has 27 heavy (non-hydrogen) atoms. The zero-order valence-electron chi connectivity index (χ0n) is 17.0. The molecule has 2 rings (SSSR count). The Morgan fingerprint density at radius 3 is 2.37 bits per heavy atom. The van der Waals surface area contributed by atoms with Gasteiger partial charge in [-0.15, -0.1) is 0 Å². The van der Waals surface area contributed by atoms with Gasteiger partial charge in [0.05, 0.1) is 7.11 Å². The predicted molar refractivity (Wildman–Crippen MR) is 104 cm³/mol. The summed E-state index contributed by atoms with van der Waals surface area (Å²) < 4.78 is 10.6. The van der Waals surface area contributed by atoms with Gasteiger partial charge >= 0.3 is 5.97 Å². The maximum absolute atomic E-state index is 12.0. The Bertz CT molecular complexity index is 804. The lowest BCUT2D eigenvalue weighted by molar-refractivity contribution is -0.132. The Morgan fingerprint density at radius 1 is 1.07 bits per heavy atom. The fourth-order valence-corrected chi connectivity index (χ4v) is 2.29. The second kappa shape index (κ2) is 10.9. The van der Waals surface area contributed by atoms with Gasteiger partial charge in [0.25, 0.3) is 0 Å². The van der Waals surface area contributed by atoms with Crippen LogP contribution in [0.5, 0.6) is 5.88 Å². The maximum atomic E-state index is 12.0. The number of hydrogen-bond acceptors (Lipinski definition) is 7. The summed E-state index contributed by atoms with van der Waals surface area (Å²) >= 11 is 0. The Balaban J connectivity index is 0.00000176. The number of ether oxygens (including phenoxy) is 2. The van der Waals surface area contributed by atoms with Gasteiger partial charge in [-0.2, -0.15) is 4.98 Å². The third-order valence-corrected chi connectivity index (χ3v) is 3.65. The molecule has 7 heteroatoms. The first-order valence-electron chi connectivity index (χ1n) is 8.70. The number of carbonyl (C=O) groups excluding carboxylic acids is 1. The van der Waals surface area contributed by atoms with Gasteiger partial charge in [0.15, 0.2) is 5.71 Å². The molecule has 0 bridgehead atoms. The van der Waals surface area contributed by atoms with Crippen LogP contribution in [0.4, 0.5) is 0 Å². The minimum atomic E-state index is -0.584. The van der Waals surface area contributed by atoms with E-state index in [1.165, 1.54) is 14.2 Å². The lowest BCUT2D eigenvalue weighted by Gasteiger charge is -2.13. The molecule has 146 valence electrons. The van der Waals surface area contributed by atoms with Gasteiger partial charge in [0.1, 0.15) is 19.5 Å². The van der Waals surface area contributed by atoms with E-state index < -0.39 is 5.97 Å². The van der Waals surface area contributed by atoms with E-state index in [2.05, 4.69) is 15.1 Å². The molecule has 0 spiro atoms. The standard InChI is InChI=1S/C18H21N3O4.C2H6/c1-11-12(2)19-13(3)20-17(11)25-10-14-8-6-7-9-15(14)16(21-24-5)18(22)23-4;1-2/h6-9H,10H2,1-5H3;1-2H3/b21-16+;. The molecule has 0 amide bonds. The van der Waals surface area contributed by atoms with Crippen LogP contribution in [0.3, 0.4) is 0 Å². The molecule has 7 nitrogen and oxygen atoms in total. The van der Waals surface area contributed by atoms with Gasteiger partial charge in [-0.1, -0.05) is 43.3 Å². The van der Waals surface area contributed by atoms with Gasteiger partial charge in [0, 0.05) is 16.8 Å². The Hall–Kier alpha value is -2.96. The van der Waals surface area contributed by atoms with Gasteiger partial charge in [-0.3, -0.25) is 0 Å². The number of hydrogen-bond donors (Lipinski definition) is 0. The smallest absolute Gasteiger partial charge is 0.360 e. The molecule has 0 N–H and O–H groups in total. The number of aromatic nitrogens is 2. The zero-order valence-corrected chi connectivity index (χ0v) is 17.0. The largest absolute Gasteiger partial charge is 0.472 e. The van der Waals surface area contributed by atoms with E-state index in [1.807, 2.05) is 46.8 Å². The first-order valence-corrected chi connectivity index (χ1v) is 8.70. The minimum absolute atomic E-state index is 0.0796. The van der Waals surface area contributed by atoms with E-state index >= 15 is 0 Å². The Morgan fingerprint density at radius 2 is 1.74 bits per heavy atom. The predicted octanol–water partition coefficient (Wildman–Crippen LogP) is 3.53. The number of oxime groups is 1. The second-order valence-electron chi connectivity index (χ2n) is 5.35. The number of esters is 1. The summed E-state index contributed by atoms with van der Waals surface area (Å²) in [4.78, 5) is 25.4. The molecule has 1 heterocycles. The summed E-state index contributed by atoms with van der Waals surface area (Å²) in [7, 11) is 2.67. The highest BCUT2D eigenvalue weighted by molar-refractivity contribution is 6.43. The van der Waals surface area contributed by atoms with Crippen LogP contribution in [0.25, 0.3) is 0 Å². The van der Waals surface area contributed by atoms with E-state index in [0.29, 0.717) is 17.3 Å². The van der Waals surface area contributed by atoms with E-state index in [-0.39, 0.29) is 12.3 Å². The topological polar surface area (TPSA) is 82.9 Å². The third kappa shape index (κ3) is 5.77. The van der Waals surface area contributed by atoms with E-state index in [4.69, 9.17) is 14.3 Å². The number of carbonyl (C=O) groups is 1. The molecule has 0 saturated carbocycles. The van der Waals surface area contributed by atoms with E-state index in [9.17, 15) is 4.79 Å². The molecule has 0 fully saturated rings. The van der Waals surface area contributed by atoms with Crippen molar-refractivity contribution in [2.24, 2.45) is 5.16 Å². The van der Waals surface area contributed by atoms with Crippen molar-refractivity contribution in [3.63, 3.8) is 0 Å². The highest BCUT2D eigenvalue weighted by Crippen LogP contribution is 2.20. The quantitative estimate of drug-likeness (QED) is 0.438. The molecule has 0 radical (unpaired) electrons. The number of nitrogens with zero attached hydrogens (tertiary/aromatic N) is 3. The highest BCUT2D eigenvalue weighted by atomic mass is 16.6. The number of methoxy groups -OCH3 is 1. The summed E-state index contributed by atoms with van der Waals surface area (Å²) in [6.07, 6.45) is 0. The van der Waals surface area contributed by atoms with Gasteiger partial charge < -0.3 is 14.3 Å².